The van der Waals surface area contributed by atoms with E-state index in [0.29, 0.717) is 0 Å². The molecule has 1 fully saturated rings. The molecule has 10 heteroatoms. The lowest BCUT2D eigenvalue weighted by Gasteiger charge is -2.35. The molecule has 9 nitrogen and oxygen atoms in total. The van der Waals surface area contributed by atoms with Gasteiger partial charge in [-0.2, -0.15) is 5.10 Å². The van der Waals surface area contributed by atoms with Gasteiger partial charge in [0, 0.05) is 19.4 Å². The summed E-state index contributed by atoms with van der Waals surface area (Å²) >= 11 is 0. The number of carboxylic acid groups (broad SMARTS) is 1. The van der Waals surface area contributed by atoms with E-state index in [9.17, 15) is 22.8 Å². The van der Waals surface area contributed by atoms with Gasteiger partial charge >= 0.3 is 5.97 Å². The minimum atomic E-state index is -3.35. The fraction of sp³-hybridized carbons (Fsp3) is 0.636. The third-order valence-corrected chi connectivity index (χ3v) is 5.05. The van der Waals surface area contributed by atoms with Crippen LogP contribution in [-0.4, -0.2) is 66.0 Å². The number of hydrazone groups is 1. The zero-order valence-corrected chi connectivity index (χ0v) is 11.9. The minimum absolute atomic E-state index is 0.0634. The van der Waals surface area contributed by atoms with Gasteiger partial charge in [0.1, 0.15) is 5.71 Å². The molecule has 116 valence electrons. The summed E-state index contributed by atoms with van der Waals surface area (Å²) in [4.78, 5) is 35.4. The first-order chi connectivity index (χ1) is 9.78. The predicted molar refractivity (Wildman–Crippen MR) is 71.2 cm³/mol. The van der Waals surface area contributed by atoms with Crippen LogP contribution in [0.2, 0.25) is 0 Å². The van der Waals surface area contributed by atoms with E-state index >= 15 is 0 Å². The molecule has 2 aliphatic rings. The lowest BCUT2D eigenvalue weighted by molar-refractivity contribution is -0.139. The Hall–Kier alpha value is -1.97. The molecule has 1 atom stereocenters. The summed E-state index contributed by atoms with van der Waals surface area (Å²) in [7, 11) is -3.35. The lowest BCUT2D eigenvalue weighted by atomic mass is 10.1. The van der Waals surface area contributed by atoms with Crippen LogP contribution in [0.4, 0.5) is 0 Å². The van der Waals surface area contributed by atoms with Gasteiger partial charge in [-0.15, -0.1) is 0 Å². The van der Waals surface area contributed by atoms with E-state index in [-0.39, 0.29) is 42.5 Å². The van der Waals surface area contributed by atoms with E-state index in [1.54, 1.807) is 0 Å². The van der Waals surface area contributed by atoms with Crippen LogP contribution >= 0.6 is 0 Å². The van der Waals surface area contributed by atoms with Crippen LogP contribution in [-0.2, 0) is 24.2 Å². The van der Waals surface area contributed by atoms with E-state index in [0.717, 1.165) is 0 Å². The molecule has 0 saturated carbocycles. The number of carbonyl (C=O) groups excluding carboxylic acids is 2. The molecule has 0 aromatic carbocycles. The number of hydrogen-bond acceptors (Lipinski definition) is 6. The molecular weight excluding hydrogens is 302 g/mol. The number of aliphatic carboxylic acids is 1. The van der Waals surface area contributed by atoms with Crippen LogP contribution in [0.1, 0.15) is 19.3 Å². The Bertz CT molecular complexity index is 611. The maximum Gasteiger partial charge on any atom is 0.305 e. The van der Waals surface area contributed by atoms with Gasteiger partial charge in [0.05, 0.1) is 24.0 Å². The second kappa shape index (κ2) is 5.80. The number of nitrogens with one attached hydrogen (secondary N) is 1. The third-order valence-electron chi connectivity index (χ3n) is 3.35. The van der Waals surface area contributed by atoms with Gasteiger partial charge < -0.3 is 10.0 Å². The van der Waals surface area contributed by atoms with Crippen LogP contribution in [0.25, 0.3) is 0 Å². The summed E-state index contributed by atoms with van der Waals surface area (Å²) in [5, 5.41) is 12.5. The molecule has 0 aromatic heterocycles. The number of nitrogens with zero attached hydrogens (tertiary/aromatic N) is 2. The lowest BCUT2D eigenvalue weighted by Crippen LogP contribution is -2.54. The summed E-state index contributed by atoms with van der Waals surface area (Å²) in [5.74, 6) is -2.56. The van der Waals surface area contributed by atoms with E-state index in [1.165, 1.54) is 4.90 Å². The van der Waals surface area contributed by atoms with Crippen molar-refractivity contribution in [3.8, 4) is 0 Å². The fourth-order valence-electron chi connectivity index (χ4n) is 2.32. The van der Waals surface area contributed by atoms with Crippen molar-refractivity contribution in [1.29, 1.82) is 0 Å². The maximum atomic E-state index is 12.3. The zero-order valence-electron chi connectivity index (χ0n) is 11.1. The Morgan fingerprint density at radius 1 is 1.38 bits per heavy atom. The number of rotatable bonds is 3. The molecule has 2 rings (SSSR count). The zero-order chi connectivity index (χ0) is 15.6. The Kier molecular flexibility index (Phi) is 4.26. The first-order valence-electron chi connectivity index (χ1n) is 6.37. The Morgan fingerprint density at radius 3 is 2.67 bits per heavy atom. The van der Waals surface area contributed by atoms with Gasteiger partial charge in [0.15, 0.2) is 9.84 Å². The number of carbonyl (C=O) groups is 3. The van der Waals surface area contributed by atoms with Crippen LogP contribution < -0.4 is 5.43 Å². The Morgan fingerprint density at radius 2 is 2.10 bits per heavy atom. The Labute approximate surface area is 120 Å². The van der Waals surface area contributed by atoms with E-state index < -0.39 is 34.2 Å². The molecule has 2 heterocycles. The molecular formula is C11H15N3O6S. The third kappa shape index (κ3) is 3.78. The second-order valence-corrected chi connectivity index (χ2v) is 7.19. The second-order valence-electron chi connectivity index (χ2n) is 4.96. The van der Waals surface area contributed by atoms with Crippen molar-refractivity contribution in [2.75, 3.05) is 18.1 Å². The fourth-order valence-corrected chi connectivity index (χ4v) is 3.84. The summed E-state index contributed by atoms with van der Waals surface area (Å²) in [6.07, 6.45) is -0.154. The topological polar surface area (TPSA) is 133 Å². The van der Waals surface area contributed by atoms with Gasteiger partial charge in [-0.3, -0.25) is 14.4 Å². The summed E-state index contributed by atoms with van der Waals surface area (Å²) in [5.41, 5.74) is 2.31. The van der Waals surface area contributed by atoms with Crippen molar-refractivity contribution in [2.45, 2.75) is 25.3 Å². The number of amides is 2. The highest BCUT2D eigenvalue weighted by atomic mass is 32.2. The molecule has 1 saturated heterocycles. The highest BCUT2D eigenvalue weighted by Crippen LogP contribution is 2.17. The largest absolute Gasteiger partial charge is 0.481 e. The molecule has 0 spiro atoms. The molecule has 2 N–H and O–H groups in total. The smallest absolute Gasteiger partial charge is 0.305 e. The Balaban J connectivity index is 2.17. The molecule has 2 amide bonds. The first-order valence-corrected chi connectivity index (χ1v) is 8.19. The normalized spacial score (nSPS) is 25.0. The molecule has 0 aromatic rings. The molecule has 0 radical (unpaired) electrons. The average Bonchev–Trinajstić information content (AvgIpc) is 2.37. The highest BCUT2D eigenvalue weighted by molar-refractivity contribution is 7.91. The predicted octanol–water partition coefficient (Wildman–Crippen LogP) is -1.65. The van der Waals surface area contributed by atoms with Crippen molar-refractivity contribution in [1.82, 2.24) is 10.3 Å². The molecule has 0 aliphatic carbocycles. The number of sulfone groups is 1. The van der Waals surface area contributed by atoms with Crippen LogP contribution in [0, 0.1) is 0 Å². The number of carboxylic acids is 1. The van der Waals surface area contributed by atoms with Crippen LogP contribution in [0.15, 0.2) is 5.10 Å². The van der Waals surface area contributed by atoms with Gasteiger partial charge in [-0.25, -0.2) is 13.8 Å². The molecule has 2 aliphatic heterocycles. The monoisotopic (exact) mass is 317 g/mol. The quantitative estimate of drug-likeness (QED) is 0.641. The van der Waals surface area contributed by atoms with Crippen molar-refractivity contribution in [2.24, 2.45) is 5.10 Å². The standard InChI is InChI=1S/C11H15N3O6S/c15-9-2-1-8(12-13-9)11(18)14-3-4-21(19,20)6-7(14)5-10(16)17/h7H,1-6H2,(H,13,15)(H,16,17). The van der Waals surface area contributed by atoms with Gasteiger partial charge in [-0.1, -0.05) is 0 Å². The van der Waals surface area contributed by atoms with Gasteiger partial charge in [-0.05, 0) is 0 Å². The first kappa shape index (κ1) is 15.4. The van der Waals surface area contributed by atoms with Crippen molar-refractivity contribution in [3.63, 3.8) is 0 Å². The van der Waals surface area contributed by atoms with Crippen LogP contribution in [0.5, 0.6) is 0 Å². The molecule has 1 unspecified atom stereocenters. The molecule has 21 heavy (non-hydrogen) atoms. The average molecular weight is 317 g/mol. The van der Waals surface area contributed by atoms with Crippen LogP contribution in [0.3, 0.4) is 0 Å². The molecule has 0 bridgehead atoms. The van der Waals surface area contributed by atoms with Crippen molar-refractivity contribution >= 4 is 33.3 Å². The van der Waals surface area contributed by atoms with E-state index in [1.807, 2.05) is 0 Å². The van der Waals surface area contributed by atoms with Gasteiger partial charge in [0.25, 0.3) is 5.91 Å². The van der Waals surface area contributed by atoms with Crippen molar-refractivity contribution in [3.05, 3.63) is 0 Å². The summed E-state index contributed by atoms with van der Waals surface area (Å²) < 4.78 is 23.2. The van der Waals surface area contributed by atoms with E-state index in [2.05, 4.69) is 10.5 Å². The SMILES string of the molecule is O=C(O)CC1CS(=O)(=O)CCN1C(=O)C1=NNC(=O)CC1. The van der Waals surface area contributed by atoms with Gasteiger partial charge in [0.2, 0.25) is 5.91 Å². The van der Waals surface area contributed by atoms with E-state index in [4.69, 9.17) is 5.11 Å². The number of hydrogen-bond donors (Lipinski definition) is 2. The highest BCUT2D eigenvalue weighted by Gasteiger charge is 2.37. The summed E-state index contributed by atoms with van der Waals surface area (Å²) in [6.45, 7) is -0.0634. The maximum absolute atomic E-state index is 12.3. The van der Waals surface area contributed by atoms with Crippen molar-refractivity contribution < 1.29 is 27.9 Å². The minimum Gasteiger partial charge on any atom is -0.481 e. The summed E-state index contributed by atoms with van der Waals surface area (Å²) in [6, 6.07) is -0.908.